The van der Waals surface area contributed by atoms with E-state index in [9.17, 15) is 9.59 Å². The van der Waals surface area contributed by atoms with Crippen LogP contribution in [0.2, 0.25) is 10.0 Å². The molecular weight excluding hydrogens is 417 g/mol. The van der Waals surface area contributed by atoms with Crippen LogP contribution in [0.15, 0.2) is 47.7 Å². The number of carbonyl (C=O) groups is 2. The van der Waals surface area contributed by atoms with Gasteiger partial charge in [0, 0.05) is 30.0 Å². The molecule has 0 saturated heterocycles. The zero-order chi connectivity index (χ0) is 21.8. The molecule has 1 aliphatic carbocycles. The molecule has 2 aromatic rings. The van der Waals surface area contributed by atoms with E-state index in [1.165, 1.54) is 0 Å². The number of ketones is 1. The average Bonchev–Trinajstić information content (AvgIpc) is 2.64. The quantitative estimate of drug-likeness (QED) is 0.515. The summed E-state index contributed by atoms with van der Waals surface area (Å²) < 4.78 is 0. The van der Waals surface area contributed by atoms with E-state index >= 15 is 0 Å². The molecule has 3 nitrogen and oxygen atoms in total. The van der Waals surface area contributed by atoms with E-state index in [1.54, 1.807) is 11.0 Å². The predicted molar refractivity (Wildman–Crippen MR) is 122 cm³/mol. The Morgan fingerprint density at radius 1 is 0.967 bits per heavy atom. The first-order valence-corrected chi connectivity index (χ1v) is 11.0. The largest absolute Gasteiger partial charge is 0.294 e. The molecule has 0 N–H and O–H groups in total. The van der Waals surface area contributed by atoms with Crippen LogP contribution in [-0.2, 0) is 9.59 Å². The van der Waals surface area contributed by atoms with Crippen LogP contribution in [0.25, 0.3) is 0 Å². The Morgan fingerprint density at radius 3 is 2.27 bits per heavy atom. The van der Waals surface area contributed by atoms with E-state index < -0.39 is 0 Å². The van der Waals surface area contributed by atoms with Gasteiger partial charge in [0.05, 0.1) is 15.7 Å². The van der Waals surface area contributed by atoms with Crippen LogP contribution in [0.5, 0.6) is 0 Å². The van der Waals surface area contributed by atoms with Crippen LogP contribution >= 0.6 is 23.2 Å². The van der Waals surface area contributed by atoms with Crippen molar-refractivity contribution in [1.82, 2.24) is 0 Å². The molecule has 0 aromatic heterocycles. The number of nitrogens with zero attached hydrogens (tertiary/aromatic N) is 1. The Balaban J connectivity index is 1.98. The number of carbonyl (C=O) groups excluding carboxylic acids is 2. The van der Waals surface area contributed by atoms with Crippen LogP contribution in [0.4, 0.5) is 5.69 Å². The van der Waals surface area contributed by atoms with Gasteiger partial charge in [0.15, 0.2) is 5.78 Å². The predicted octanol–water partition coefficient (Wildman–Crippen LogP) is 6.77. The summed E-state index contributed by atoms with van der Waals surface area (Å²) >= 11 is 12.8. The first-order valence-electron chi connectivity index (χ1n) is 10.2. The first kappa shape index (κ1) is 21.1. The molecule has 5 heteroatoms. The molecule has 30 heavy (non-hydrogen) atoms. The molecule has 1 unspecified atom stereocenters. The number of para-hydroxylation sites is 1. The molecule has 1 heterocycles. The number of hydrogen-bond donors (Lipinski definition) is 0. The molecule has 2 aliphatic rings. The fraction of sp³-hybridized carbons (Fsp3) is 0.360. The molecule has 4 rings (SSSR count). The molecule has 0 spiro atoms. The van der Waals surface area contributed by atoms with Gasteiger partial charge in [-0.05, 0) is 48.4 Å². The number of hydrogen-bond acceptors (Lipinski definition) is 2. The van der Waals surface area contributed by atoms with Crippen molar-refractivity contribution >= 4 is 40.6 Å². The number of benzene rings is 2. The summed E-state index contributed by atoms with van der Waals surface area (Å²) in [6.45, 7) is 8.17. The lowest BCUT2D eigenvalue weighted by Crippen LogP contribution is -2.44. The van der Waals surface area contributed by atoms with Crippen molar-refractivity contribution in [3.8, 4) is 0 Å². The Bertz CT molecular complexity index is 1080. The van der Waals surface area contributed by atoms with Crippen molar-refractivity contribution in [2.24, 2.45) is 5.41 Å². The van der Waals surface area contributed by atoms with Gasteiger partial charge in [-0.15, -0.1) is 0 Å². The SMILES string of the molecule is Cc1cccc(C)c1N1C(=O)CC(c2cccc(Cl)c2Cl)C2=C1CC(C)(C)CC2=O. The molecule has 1 atom stereocenters. The molecule has 0 radical (unpaired) electrons. The van der Waals surface area contributed by atoms with E-state index in [0.29, 0.717) is 28.5 Å². The minimum absolute atomic E-state index is 0.0160. The lowest BCUT2D eigenvalue weighted by Gasteiger charge is -2.43. The van der Waals surface area contributed by atoms with Crippen molar-refractivity contribution in [3.05, 3.63) is 74.4 Å². The Labute approximate surface area is 187 Å². The third kappa shape index (κ3) is 3.48. The summed E-state index contributed by atoms with van der Waals surface area (Å²) in [6.07, 6.45) is 1.30. The van der Waals surface area contributed by atoms with Crippen LogP contribution in [-0.4, -0.2) is 11.7 Å². The van der Waals surface area contributed by atoms with E-state index in [-0.39, 0.29) is 29.4 Å². The minimum Gasteiger partial charge on any atom is -0.294 e. The van der Waals surface area contributed by atoms with Crippen molar-refractivity contribution in [1.29, 1.82) is 0 Å². The van der Waals surface area contributed by atoms with Crippen LogP contribution in [0.1, 0.15) is 55.7 Å². The summed E-state index contributed by atoms with van der Waals surface area (Å²) in [5.74, 6) is -0.299. The highest BCUT2D eigenvalue weighted by Crippen LogP contribution is 2.50. The topological polar surface area (TPSA) is 37.4 Å². The number of Topliss-reactive ketones (excluding diaryl/α,β-unsaturated/α-hetero) is 1. The van der Waals surface area contributed by atoms with Crippen molar-refractivity contribution in [3.63, 3.8) is 0 Å². The third-order valence-corrected chi connectivity index (χ3v) is 7.00. The molecule has 0 fully saturated rings. The molecule has 1 aliphatic heterocycles. The second-order valence-electron chi connectivity index (χ2n) is 9.17. The third-order valence-electron chi connectivity index (χ3n) is 6.16. The van der Waals surface area contributed by atoms with Gasteiger partial charge in [0.1, 0.15) is 0 Å². The van der Waals surface area contributed by atoms with Crippen molar-refractivity contribution in [2.45, 2.75) is 52.9 Å². The van der Waals surface area contributed by atoms with Gasteiger partial charge in [-0.3, -0.25) is 14.5 Å². The maximum absolute atomic E-state index is 13.6. The molecule has 1 amide bonds. The normalized spacial score (nSPS) is 21.1. The summed E-state index contributed by atoms with van der Waals surface area (Å²) in [7, 11) is 0. The Kier molecular flexibility index (Phi) is 5.32. The van der Waals surface area contributed by atoms with Crippen LogP contribution in [0, 0.1) is 19.3 Å². The second-order valence-corrected chi connectivity index (χ2v) is 9.96. The van der Waals surface area contributed by atoms with Gasteiger partial charge < -0.3 is 0 Å². The van der Waals surface area contributed by atoms with Gasteiger partial charge in [0.25, 0.3) is 0 Å². The van der Waals surface area contributed by atoms with E-state index in [4.69, 9.17) is 23.2 Å². The van der Waals surface area contributed by atoms with Crippen LogP contribution < -0.4 is 4.90 Å². The van der Waals surface area contributed by atoms with E-state index in [2.05, 4.69) is 13.8 Å². The number of allylic oxidation sites excluding steroid dienone is 2. The van der Waals surface area contributed by atoms with Crippen molar-refractivity contribution < 1.29 is 9.59 Å². The van der Waals surface area contributed by atoms with Gasteiger partial charge in [0.2, 0.25) is 5.91 Å². The highest BCUT2D eigenvalue weighted by molar-refractivity contribution is 6.42. The molecule has 0 saturated carbocycles. The number of amides is 1. The summed E-state index contributed by atoms with van der Waals surface area (Å²) in [4.78, 5) is 28.8. The summed E-state index contributed by atoms with van der Waals surface area (Å²) in [5.41, 5.74) is 4.98. The Hall–Kier alpha value is -2.10. The standard InChI is InChI=1S/C25H25Cl2NO2/c1-14-7-5-8-15(2)24(14)28-19-12-25(3,4)13-20(29)22(19)17(11-21(28)30)16-9-6-10-18(26)23(16)27/h5-10,17H,11-13H2,1-4H3. The lowest BCUT2D eigenvalue weighted by atomic mass is 9.69. The fourth-order valence-corrected chi connectivity index (χ4v) is 5.33. The van der Waals surface area contributed by atoms with Crippen LogP contribution in [0.3, 0.4) is 0 Å². The summed E-state index contributed by atoms with van der Waals surface area (Å²) in [5, 5.41) is 0.853. The average molecular weight is 442 g/mol. The van der Waals surface area contributed by atoms with E-state index in [0.717, 1.165) is 28.1 Å². The number of aryl methyl sites for hydroxylation is 2. The smallest absolute Gasteiger partial charge is 0.232 e. The van der Waals surface area contributed by atoms with Crippen molar-refractivity contribution in [2.75, 3.05) is 4.90 Å². The lowest BCUT2D eigenvalue weighted by molar-refractivity contribution is -0.121. The van der Waals surface area contributed by atoms with E-state index in [1.807, 2.05) is 44.2 Å². The molecule has 2 aromatic carbocycles. The molecule has 0 bridgehead atoms. The zero-order valence-corrected chi connectivity index (χ0v) is 19.2. The van der Waals surface area contributed by atoms with Gasteiger partial charge >= 0.3 is 0 Å². The van der Waals surface area contributed by atoms with Gasteiger partial charge in [-0.25, -0.2) is 0 Å². The summed E-state index contributed by atoms with van der Waals surface area (Å²) in [6, 6.07) is 11.4. The zero-order valence-electron chi connectivity index (χ0n) is 17.7. The number of anilines is 1. The first-order chi connectivity index (χ1) is 14.1. The minimum atomic E-state index is -0.372. The van der Waals surface area contributed by atoms with Gasteiger partial charge in [-0.1, -0.05) is 67.4 Å². The van der Waals surface area contributed by atoms with Gasteiger partial charge in [-0.2, -0.15) is 0 Å². The Morgan fingerprint density at radius 2 is 1.60 bits per heavy atom. The maximum Gasteiger partial charge on any atom is 0.232 e. The highest BCUT2D eigenvalue weighted by atomic mass is 35.5. The highest BCUT2D eigenvalue weighted by Gasteiger charge is 2.45. The monoisotopic (exact) mass is 441 g/mol. The molecular formula is C25H25Cl2NO2. The fourth-order valence-electron chi connectivity index (χ4n) is 4.89. The molecule has 156 valence electrons. The number of rotatable bonds is 2. The maximum atomic E-state index is 13.6. The second kappa shape index (κ2) is 7.55. The number of halogens is 2.